The van der Waals surface area contributed by atoms with E-state index in [4.69, 9.17) is 0 Å². The summed E-state index contributed by atoms with van der Waals surface area (Å²) in [5, 5.41) is 6.00. The number of carbonyl (C=O) groups excluding carboxylic acids is 2. The maximum atomic E-state index is 13.0. The summed E-state index contributed by atoms with van der Waals surface area (Å²) in [5.41, 5.74) is 4.83. The molecule has 0 unspecified atom stereocenters. The number of amides is 2. The van der Waals surface area contributed by atoms with Gasteiger partial charge in [-0.15, -0.1) is 0 Å². The Morgan fingerprint density at radius 2 is 1.53 bits per heavy atom. The van der Waals surface area contributed by atoms with E-state index in [0.717, 1.165) is 38.9 Å². The Kier molecular flexibility index (Phi) is 8.10. The lowest BCUT2D eigenvalue weighted by Gasteiger charge is -2.31. The Hall–Kier alpha value is -3.44. The second-order valence-electron chi connectivity index (χ2n) is 9.06. The van der Waals surface area contributed by atoms with Crippen molar-refractivity contribution in [2.75, 3.05) is 25.0 Å². The molecule has 34 heavy (non-hydrogen) atoms. The minimum absolute atomic E-state index is 0.000443. The summed E-state index contributed by atoms with van der Waals surface area (Å²) >= 11 is 0. The first-order valence-corrected chi connectivity index (χ1v) is 12.1. The normalized spacial score (nSPS) is 14.5. The van der Waals surface area contributed by atoms with Gasteiger partial charge in [-0.05, 0) is 62.5 Å². The Balaban J connectivity index is 1.27. The van der Waals surface area contributed by atoms with Crippen molar-refractivity contribution in [3.63, 3.8) is 0 Å². The van der Waals surface area contributed by atoms with Gasteiger partial charge < -0.3 is 10.6 Å². The predicted molar refractivity (Wildman–Crippen MR) is 137 cm³/mol. The second kappa shape index (κ2) is 11.6. The maximum Gasteiger partial charge on any atom is 0.253 e. The molecule has 5 nitrogen and oxygen atoms in total. The summed E-state index contributed by atoms with van der Waals surface area (Å²) in [6.07, 6.45) is 2.41. The summed E-state index contributed by atoms with van der Waals surface area (Å²) in [6, 6.07) is 25.9. The van der Waals surface area contributed by atoms with Crippen LogP contribution < -0.4 is 10.6 Å². The molecule has 1 fully saturated rings. The molecule has 2 amide bonds. The number of nitrogens with zero attached hydrogens (tertiary/aromatic N) is 1. The average molecular weight is 456 g/mol. The van der Waals surface area contributed by atoms with Crippen molar-refractivity contribution in [3.8, 4) is 0 Å². The third-order valence-electron chi connectivity index (χ3n) is 6.46. The van der Waals surface area contributed by atoms with E-state index in [-0.39, 0.29) is 17.7 Å². The minimum Gasteiger partial charge on any atom is -0.352 e. The van der Waals surface area contributed by atoms with Crippen LogP contribution >= 0.6 is 0 Å². The fraction of sp³-hybridized carbons (Fsp3) is 0.310. The van der Waals surface area contributed by atoms with Crippen LogP contribution in [-0.4, -0.2) is 36.3 Å². The predicted octanol–water partition coefficient (Wildman–Crippen LogP) is 4.82. The fourth-order valence-electron chi connectivity index (χ4n) is 4.39. The lowest BCUT2D eigenvalue weighted by molar-refractivity contribution is -0.121. The van der Waals surface area contributed by atoms with E-state index in [9.17, 15) is 9.59 Å². The van der Waals surface area contributed by atoms with E-state index in [2.05, 4.69) is 46.7 Å². The van der Waals surface area contributed by atoms with Gasteiger partial charge in [0.05, 0.1) is 11.3 Å². The monoisotopic (exact) mass is 455 g/mol. The van der Waals surface area contributed by atoms with Crippen LogP contribution in [0, 0.1) is 12.8 Å². The van der Waals surface area contributed by atoms with Gasteiger partial charge in [0.25, 0.3) is 5.91 Å². The highest BCUT2D eigenvalue weighted by Crippen LogP contribution is 2.23. The molecule has 1 saturated heterocycles. The van der Waals surface area contributed by atoms with E-state index >= 15 is 0 Å². The number of para-hydroxylation sites is 1. The van der Waals surface area contributed by atoms with Crippen molar-refractivity contribution in [1.29, 1.82) is 0 Å². The molecular weight excluding hydrogens is 422 g/mol. The van der Waals surface area contributed by atoms with Crippen molar-refractivity contribution >= 4 is 17.5 Å². The molecule has 1 aliphatic heterocycles. The maximum absolute atomic E-state index is 13.0. The molecule has 0 atom stereocenters. The molecule has 3 aromatic carbocycles. The molecule has 0 bridgehead atoms. The van der Waals surface area contributed by atoms with Gasteiger partial charge in [-0.25, -0.2) is 0 Å². The van der Waals surface area contributed by atoms with Crippen LogP contribution in [0.3, 0.4) is 0 Å². The van der Waals surface area contributed by atoms with Gasteiger partial charge in [0.2, 0.25) is 5.91 Å². The molecular formula is C29H33N3O2. The van der Waals surface area contributed by atoms with Gasteiger partial charge in [-0.3, -0.25) is 14.5 Å². The average Bonchev–Trinajstić information content (AvgIpc) is 2.87. The number of piperidine rings is 1. The zero-order valence-electron chi connectivity index (χ0n) is 19.8. The number of hydrogen-bond acceptors (Lipinski definition) is 3. The Morgan fingerprint density at radius 3 is 2.26 bits per heavy atom. The van der Waals surface area contributed by atoms with Crippen molar-refractivity contribution in [2.24, 2.45) is 5.92 Å². The number of carbonyl (C=O) groups is 2. The number of benzene rings is 3. The molecule has 0 saturated carbocycles. The van der Waals surface area contributed by atoms with E-state index in [1.54, 1.807) is 12.1 Å². The molecule has 0 aromatic heterocycles. The molecule has 0 spiro atoms. The van der Waals surface area contributed by atoms with Gasteiger partial charge in [-0.1, -0.05) is 72.3 Å². The van der Waals surface area contributed by atoms with Crippen LogP contribution in [0.5, 0.6) is 0 Å². The molecule has 1 heterocycles. The smallest absolute Gasteiger partial charge is 0.253 e. The number of hydrogen-bond donors (Lipinski definition) is 2. The van der Waals surface area contributed by atoms with Crippen LogP contribution in [0.2, 0.25) is 0 Å². The summed E-state index contributed by atoms with van der Waals surface area (Å²) in [6.45, 7) is 5.35. The number of aryl methyl sites for hydroxylation is 1. The number of anilines is 1. The summed E-state index contributed by atoms with van der Waals surface area (Å²) in [7, 11) is 0. The minimum atomic E-state index is -0.167. The molecule has 3 aromatic rings. The summed E-state index contributed by atoms with van der Waals surface area (Å²) < 4.78 is 0. The molecule has 1 aliphatic rings. The van der Waals surface area contributed by atoms with Crippen molar-refractivity contribution < 1.29 is 9.59 Å². The lowest BCUT2D eigenvalue weighted by Crippen LogP contribution is -2.38. The molecule has 0 aliphatic carbocycles. The van der Waals surface area contributed by atoms with Crippen molar-refractivity contribution in [2.45, 2.75) is 32.7 Å². The number of nitrogens with one attached hydrogen (secondary N) is 2. The first-order valence-electron chi connectivity index (χ1n) is 12.1. The third kappa shape index (κ3) is 6.55. The van der Waals surface area contributed by atoms with Crippen LogP contribution in [0.4, 0.5) is 5.69 Å². The molecule has 0 radical (unpaired) electrons. The topological polar surface area (TPSA) is 61.4 Å². The number of rotatable bonds is 8. The first kappa shape index (κ1) is 23.7. The molecule has 2 N–H and O–H groups in total. The van der Waals surface area contributed by atoms with Gasteiger partial charge in [0.1, 0.15) is 0 Å². The standard InChI is InChI=1S/C29H33N3O2/c1-22-11-13-24(14-12-22)21-32-19-16-25(17-20-32)28(33)31-27-10-6-5-9-26(27)29(34)30-18-15-23-7-3-2-4-8-23/h2-14,25H,15-21H2,1H3,(H,30,34)(H,31,33). The van der Waals surface area contributed by atoms with E-state index in [1.807, 2.05) is 42.5 Å². The third-order valence-corrected chi connectivity index (χ3v) is 6.46. The quantitative estimate of drug-likeness (QED) is 0.512. The van der Waals surface area contributed by atoms with E-state index in [1.165, 1.54) is 16.7 Å². The molecule has 4 rings (SSSR count). The molecule has 176 valence electrons. The van der Waals surface area contributed by atoms with Crippen LogP contribution in [0.1, 0.15) is 39.9 Å². The zero-order valence-corrected chi connectivity index (χ0v) is 19.8. The van der Waals surface area contributed by atoms with Crippen LogP contribution in [0.25, 0.3) is 0 Å². The highest BCUT2D eigenvalue weighted by Gasteiger charge is 2.26. The van der Waals surface area contributed by atoms with Crippen LogP contribution in [-0.2, 0) is 17.8 Å². The largest absolute Gasteiger partial charge is 0.352 e. The van der Waals surface area contributed by atoms with Gasteiger partial charge in [0.15, 0.2) is 0 Å². The van der Waals surface area contributed by atoms with Crippen molar-refractivity contribution in [3.05, 3.63) is 101 Å². The first-order chi connectivity index (χ1) is 16.6. The molecule has 5 heteroatoms. The Bertz CT molecular complexity index is 1090. The van der Waals surface area contributed by atoms with Gasteiger partial charge in [-0.2, -0.15) is 0 Å². The zero-order chi connectivity index (χ0) is 23.8. The SMILES string of the molecule is Cc1ccc(CN2CCC(C(=O)Nc3ccccc3C(=O)NCCc3ccccc3)CC2)cc1. The fourth-order valence-corrected chi connectivity index (χ4v) is 4.39. The van der Waals surface area contributed by atoms with Gasteiger partial charge in [0, 0.05) is 19.0 Å². The van der Waals surface area contributed by atoms with Crippen molar-refractivity contribution in [1.82, 2.24) is 10.2 Å². The summed E-state index contributed by atoms with van der Waals surface area (Å²) in [5.74, 6) is -0.206. The van der Waals surface area contributed by atoms with E-state index < -0.39 is 0 Å². The Labute approximate surface area is 202 Å². The highest BCUT2D eigenvalue weighted by atomic mass is 16.2. The highest BCUT2D eigenvalue weighted by molar-refractivity contribution is 6.04. The van der Waals surface area contributed by atoms with Gasteiger partial charge >= 0.3 is 0 Å². The summed E-state index contributed by atoms with van der Waals surface area (Å²) in [4.78, 5) is 28.2. The Morgan fingerprint density at radius 1 is 0.853 bits per heavy atom. The lowest BCUT2D eigenvalue weighted by atomic mass is 9.95. The van der Waals surface area contributed by atoms with Crippen LogP contribution in [0.15, 0.2) is 78.9 Å². The van der Waals surface area contributed by atoms with E-state index in [0.29, 0.717) is 17.8 Å². The second-order valence-corrected chi connectivity index (χ2v) is 9.06. The number of likely N-dealkylation sites (tertiary alicyclic amines) is 1.